The number of halogens is 2. The van der Waals surface area contributed by atoms with Gasteiger partial charge in [0.2, 0.25) is 5.91 Å². The number of hydrogen-bond acceptors (Lipinski definition) is 4. The van der Waals surface area contributed by atoms with Crippen molar-refractivity contribution in [2.24, 2.45) is 0 Å². The molecule has 0 spiro atoms. The summed E-state index contributed by atoms with van der Waals surface area (Å²) in [6, 6.07) is 11.4. The highest BCUT2D eigenvalue weighted by molar-refractivity contribution is 5.95. The Kier molecular flexibility index (Phi) is 5.26. The maximum absolute atomic E-state index is 14.1. The molecule has 156 valence electrons. The Hall–Kier alpha value is -3.99. The van der Waals surface area contributed by atoms with Gasteiger partial charge in [-0.25, -0.2) is 8.78 Å². The number of carbonyl (C=O) groups excluding carboxylic acids is 1. The van der Waals surface area contributed by atoms with E-state index in [0.717, 1.165) is 0 Å². The van der Waals surface area contributed by atoms with Crippen LogP contribution in [0.15, 0.2) is 59.9 Å². The Morgan fingerprint density at radius 2 is 1.87 bits per heavy atom. The lowest BCUT2D eigenvalue weighted by Crippen LogP contribution is -2.56. The molecule has 1 aliphatic rings. The molecule has 3 aromatic rings. The lowest BCUT2D eigenvalue weighted by atomic mass is 10.0. The molecule has 1 aromatic heterocycles. The smallest absolute Gasteiger partial charge is 0.271 e. The first-order chi connectivity index (χ1) is 14.9. The lowest BCUT2D eigenvalue weighted by Gasteiger charge is -2.39. The molecule has 2 aromatic carbocycles. The van der Waals surface area contributed by atoms with Crippen molar-refractivity contribution in [2.45, 2.75) is 12.6 Å². The summed E-state index contributed by atoms with van der Waals surface area (Å²) in [4.78, 5) is 26.4. The highest BCUT2D eigenvalue weighted by Crippen LogP contribution is 2.28. The topological polar surface area (TPSA) is 78.1 Å². The van der Waals surface area contributed by atoms with E-state index >= 15 is 0 Å². The number of pyridine rings is 1. The van der Waals surface area contributed by atoms with Crippen molar-refractivity contribution in [1.29, 1.82) is 5.26 Å². The van der Waals surface area contributed by atoms with Gasteiger partial charge >= 0.3 is 0 Å². The largest absolute Gasteiger partial charge is 0.377 e. The number of fused-ring (bicyclic) bond motifs is 1. The van der Waals surface area contributed by atoms with Crippen molar-refractivity contribution in [3.05, 3.63) is 88.2 Å². The Morgan fingerprint density at radius 3 is 2.52 bits per heavy atom. The van der Waals surface area contributed by atoms with Gasteiger partial charge in [-0.1, -0.05) is 18.7 Å². The molecule has 6 nitrogen and oxygen atoms in total. The van der Waals surface area contributed by atoms with E-state index in [4.69, 9.17) is 0 Å². The highest BCUT2D eigenvalue weighted by atomic mass is 19.1. The minimum absolute atomic E-state index is 0.0985. The van der Waals surface area contributed by atoms with Crippen LogP contribution in [0, 0.1) is 23.0 Å². The van der Waals surface area contributed by atoms with Gasteiger partial charge in [0.05, 0.1) is 23.8 Å². The fourth-order valence-electron chi connectivity index (χ4n) is 3.70. The number of amides is 1. The normalized spacial score (nSPS) is 13.5. The van der Waals surface area contributed by atoms with E-state index in [2.05, 4.69) is 11.9 Å². The monoisotopic (exact) mass is 420 g/mol. The second-order valence-electron chi connectivity index (χ2n) is 7.33. The van der Waals surface area contributed by atoms with Crippen LogP contribution in [0.5, 0.6) is 0 Å². The summed E-state index contributed by atoms with van der Waals surface area (Å²) in [5.74, 6) is -1.11. The third-order valence-electron chi connectivity index (χ3n) is 5.31. The van der Waals surface area contributed by atoms with Gasteiger partial charge in [-0.2, -0.15) is 5.26 Å². The van der Waals surface area contributed by atoms with Crippen LogP contribution in [0.3, 0.4) is 0 Å². The molecule has 0 radical (unpaired) electrons. The van der Waals surface area contributed by atoms with Gasteiger partial charge < -0.3 is 14.8 Å². The van der Waals surface area contributed by atoms with Gasteiger partial charge in [-0.15, -0.1) is 0 Å². The molecule has 0 atom stereocenters. The third-order valence-corrected chi connectivity index (χ3v) is 5.31. The first-order valence-corrected chi connectivity index (χ1v) is 9.59. The number of nitriles is 1. The quantitative estimate of drug-likeness (QED) is 0.644. The van der Waals surface area contributed by atoms with Crippen LogP contribution >= 0.6 is 0 Å². The average molecular weight is 420 g/mol. The zero-order valence-electron chi connectivity index (χ0n) is 16.4. The molecule has 8 heteroatoms. The second-order valence-corrected chi connectivity index (χ2v) is 7.33. The number of likely N-dealkylation sites (tertiary alicyclic amines) is 1. The third kappa shape index (κ3) is 3.78. The number of hydrogen-bond donors (Lipinski definition) is 1. The van der Waals surface area contributed by atoms with Crippen molar-refractivity contribution in [2.75, 3.05) is 18.4 Å². The number of nitrogens with zero attached hydrogens (tertiary/aromatic N) is 3. The van der Waals surface area contributed by atoms with E-state index in [1.807, 2.05) is 6.07 Å². The Bertz CT molecular complexity index is 1290. The van der Waals surface area contributed by atoms with Gasteiger partial charge in [0, 0.05) is 18.5 Å². The number of benzene rings is 2. The molecule has 0 saturated carbocycles. The summed E-state index contributed by atoms with van der Waals surface area (Å²) in [6.45, 7) is 4.31. The molecular weight excluding hydrogens is 402 g/mol. The first-order valence-electron chi connectivity index (χ1n) is 9.59. The molecule has 0 bridgehead atoms. The van der Waals surface area contributed by atoms with Crippen molar-refractivity contribution in [3.8, 4) is 6.07 Å². The van der Waals surface area contributed by atoms with E-state index in [0.29, 0.717) is 29.6 Å². The average Bonchev–Trinajstić information content (AvgIpc) is 2.73. The molecule has 1 amide bonds. The predicted octanol–water partition coefficient (Wildman–Crippen LogP) is 3.01. The molecule has 2 heterocycles. The van der Waals surface area contributed by atoms with Crippen LogP contribution < -0.4 is 10.9 Å². The molecule has 4 rings (SSSR count). The molecule has 1 fully saturated rings. The number of carbonyl (C=O) groups is 1. The summed E-state index contributed by atoms with van der Waals surface area (Å²) >= 11 is 0. The Balaban J connectivity index is 1.78. The molecule has 0 aliphatic carbocycles. The molecular formula is C23H18F2N4O2. The highest BCUT2D eigenvalue weighted by Gasteiger charge is 2.31. The SMILES string of the molecule is C=CC(=O)N1CC(Nc2c(C#N)c(=O)n(Cc3ccc(F)cc3)c3ccc(F)cc23)C1. The van der Waals surface area contributed by atoms with Crippen LogP contribution in [0.4, 0.5) is 14.5 Å². The van der Waals surface area contributed by atoms with Crippen LogP contribution in [-0.2, 0) is 11.3 Å². The summed E-state index contributed by atoms with van der Waals surface area (Å²) < 4.78 is 28.7. The number of rotatable bonds is 5. The van der Waals surface area contributed by atoms with Crippen molar-refractivity contribution in [1.82, 2.24) is 9.47 Å². The Labute approximate surface area is 176 Å². The molecule has 1 N–H and O–H groups in total. The summed E-state index contributed by atoms with van der Waals surface area (Å²) in [5, 5.41) is 13.2. The molecule has 1 saturated heterocycles. The minimum Gasteiger partial charge on any atom is -0.377 e. The fraction of sp³-hybridized carbons (Fsp3) is 0.174. The number of nitrogens with one attached hydrogen (secondary N) is 1. The lowest BCUT2D eigenvalue weighted by molar-refractivity contribution is -0.129. The van der Waals surface area contributed by atoms with Crippen LogP contribution in [0.1, 0.15) is 11.1 Å². The van der Waals surface area contributed by atoms with Gasteiger partial charge in [-0.05, 0) is 42.0 Å². The maximum atomic E-state index is 14.1. The first kappa shape index (κ1) is 20.3. The molecule has 1 aliphatic heterocycles. The standard InChI is InChI=1S/C23H18F2N4O2/c1-2-21(30)28-12-17(13-28)27-22-18-9-16(25)7-8-20(18)29(23(31)19(22)10-26)11-14-3-5-15(24)6-4-14/h2-9,17,27H,1,11-13H2. The van der Waals surface area contributed by atoms with E-state index in [1.54, 1.807) is 17.0 Å². The number of anilines is 1. The van der Waals surface area contributed by atoms with Crippen LogP contribution in [0.2, 0.25) is 0 Å². The van der Waals surface area contributed by atoms with Gasteiger partial charge in [-0.3, -0.25) is 9.59 Å². The van der Waals surface area contributed by atoms with Crippen molar-refractivity contribution in [3.63, 3.8) is 0 Å². The summed E-state index contributed by atoms with van der Waals surface area (Å²) in [5.41, 5.74) is 0.667. The zero-order valence-corrected chi connectivity index (χ0v) is 16.4. The summed E-state index contributed by atoms with van der Waals surface area (Å²) in [6.07, 6.45) is 1.22. The number of aromatic nitrogens is 1. The molecule has 0 unspecified atom stereocenters. The van der Waals surface area contributed by atoms with Gasteiger partial charge in [0.25, 0.3) is 5.56 Å². The minimum atomic E-state index is -0.535. The van der Waals surface area contributed by atoms with Crippen molar-refractivity contribution >= 4 is 22.5 Å². The summed E-state index contributed by atoms with van der Waals surface area (Å²) in [7, 11) is 0. The van der Waals surface area contributed by atoms with E-state index in [-0.39, 0.29) is 29.7 Å². The van der Waals surface area contributed by atoms with Crippen LogP contribution in [0.25, 0.3) is 10.9 Å². The van der Waals surface area contributed by atoms with E-state index < -0.39 is 17.2 Å². The van der Waals surface area contributed by atoms with Crippen molar-refractivity contribution < 1.29 is 13.6 Å². The van der Waals surface area contributed by atoms with Gasteiger partial charge in [0.1, 0.15) is 23.3 Å². The van der Waals surface area contributed by atoms with E-state index in [9.17, 15) is 23.6 Å². The zero-order chi connectivity index (χ0) is 22.1. The fourth-order valence-corrected chi connectivity index (χ4v) is 3.70. The predicted molar refractivity (Wildman–Crippen MR) is 113 cm³/mol. The second kappa shape index (κ2) is 8.03. The Morgan fingerprint density at radius 1 is 1.19 bits per heavy atom. The maximum Gasteiger partial charge on any atom is 0.271 e. The van der Waals surface area contributed by atoms with E-state index in [1.165, 1.54) is 41.0 Å². The molecule has 31 heavy (non-hydrogen) atoms. The van der Waals surface area contributed by atoms with Crippen LogP contribution in [-0.4, -0.2) is 34.5 Å². The van der Waals surface area contributed by atoms with Gasteiger partial charge in [0.15, 0.2) is 0 Å².